The molecule has 34 heavy (non-hydrogen) atoms. The van der Waals surface area contributed by atoms with Gasteiger partial charge in [0.05, 0.1) is 5.69 Å². The standard InChI is InChI=1S/C30H21ClN2O/c31-22-16-14-19(15-17-22)26-18-21-10-4-5-11-23(21)28-27(26)24-12-6-7-13-25(24)29(32-28)33-30(34)20-8-2-1-3-9-20/h1-17,26H,18H2,(H,32,33,34). The van der Waals surface area contributed by atoms with Crippen molar-refractivity contribution >= 4 is 34.1 Å². The van der Waals surface area contributed by atoms with E-state index in [-0.39, 0.29) is 11.8 Å². The molecule has 0 saturated carbocycles. The van der Waals surface area contributed by atoms with Crippen molar-refractivity contribution in [2.45, 2.75) is 12.3 Å². The second-order valence-corrected chi connectivity index (χ2v) is 8.99. The Morgan fingerprint density at radius 2 is 1.47 bits per heavy atom. The predicted molar refractivity (Wildman–Crippen MR) is 139 cm³/mol. The molecule has 1 aliphatic carbocycles. The molecule has 1 unspecified atom stereocenters. The van der Waals surface area contributed by atoms with Crippen molar-refractivity contribution in [2.75, 3.05) is 5.32 Å². The summed E-state index contributed by atoms with van der Waals surface area (Å²) in [5, 5.41) is 5.84. The molecule has 0 fully saturated rings. The maximum absolute atomic E-state index is 13.0. The van der Waals surface area contributed by atoms with Gasteiger partial charge >= 0.3 is 0 Å². The van der Waals surface area contributed by atoms with E-state index in [0.29, 0.717) is 11.4 Å². The van der Waals surface area contributed by atoms with E-state index in [1.807, 2.05) is 66.7 Å². The maximum Gasteiger partial charge on any atom is 0.256 e. The number of fused-ring (bicyclic) bond motifs is 5. The van der Waals surface area contributed by atoms with Crippen LogP contribution in [0.25, 0.3) is 22.0 Å². The Balaban J connectivity index is 1.58. The molecule has 1 aliphatic rings. The third-order valence-corrected chi connectivity index (χ3v) is 6.79. The molecule has 6 rings (SSSR count). The summed E-state index contributed by atoms with van der Waals surface area (Å²) in [6, 6.07) is 33.9. The van der Waals surface area contributed by atoms with Crippen LogP contribution in [0.4, 0.5) is 5.82 Å². The van der Waals surface area contributed by atoms with Crippen molar-refractivity contribution in [3.63, 3.8) is 0 Å². The van der Waals surface area contributed by atoms with Crippen LogP contribution in [0.15, 0.2) is 103 Å². The number of nitrogens with zero attached hydrogens (tertiary/aromatic N) is 1. The first kappa shape index (κ1) is 20.6. The number of pyridine rings is 1. The van der Waals surface area contributed by atoms with Gasteiger partial charge in [-0.05, 0) is 52.8 Å². The summed E-state index contributed by atoms with van der Waals surface area (Å²) in [5.74, 6) is 0.546. The first-order valence-electron chi connectivity index (χ1n) is 11.3. The molecule has 0 aliphatic heterocycles. The third kappa shape index (κ3) is 3.55. The van der Waals surface area contributed by atoms with Crippen LogP contribution < -0.4 is 5.32 Å². The summed E-state index contributed by atoms with van der Waals surface area (Å²) in [7, 11) is 0. The van der Waals surface area contributed by atoms with Crippen LogP contribution in [0.1, 0.15) is 33.0 Å². The summed E-state index contributed by atoms with van der Waals surface area (Å²) >= 11 is 6.19. The molecular formula is C30H21ClN2O. The fraction of sp³-hybridized carbons (Fsp3) is 0.0667. The highest BCUT2D eigenvalue weighted by Crippen LogP contribution is 2.46. The van der Waals surface area contributed by atoms with Crippen molar-refractivity contribution in [1.29, 1.82) is 0 Å². The Morgan fingerprint density at radius 3 is 2.26 bits per heavy atom. The molecule has 1 N–H and O–H groups in total. The van der Waals surface area contributed by atoms with Gasteiger partial charge < -0.3 is 5.32 Å². The van der Waals surface area contributed by atoms with Gasteiger partial charge in [0.1, 0.15) is 5.82 Å². The predicted octanol–water partition coefficient (Wildman–Crippen LogP) is 7.50. The molecule has 1 aromatic heterocycles. The zero-order chi connectivity index (χ0) is 23.1. The lowest BCUT2D eigenvalue weighted by Crippen LogP contribution is -2.18. The first-order valence-corrected chi connectivity index (χ1v) is 11.7. The fourth-order valence-corrected chi connectivity index (χ4v) is 5.06. The van der Waals surface area contributed by atoms with Gasteiger partial charge in [0.25, 0.3) is 5.91 Å². The third-order valence-electron chi connectivity index (χ3n) is 6.54. The summed E-state index contributed by atoms with van der Waals surface area (Å²) in [6.45, 7) is 0. The molecule has 0 radical (unpaired) electrons. The highest BCUT2D eigenvalue weighted by molar-refractivity contribution is 6.30. The number of hydrogen-bond donors (Lipinski definition) is 1. The van der Waals surface area contributed by atoms with Crippen LogP contribution in [0.5, 0.6) is 0 Å². The average molecular weight is 461 g/mol. The second kappa shape index (κ2) is 8.44. The fourth-order valence-electron chi connectivity index (χ4n) is 4.94. The lowest BCUT2D eigenvalue weighted by atomic mass is 9.76. The highest BCUT2D eigenvalue weighted by Gasteiger charge is 2.30. The Labute approximate surface area is 203 Å². The molecule has 0 saturated heterocycles. The van der Waals surface area contributed by atoms with Crippen molar-refractivity contribution in [3.05, 3.63) is 130 Å². The number of hydrogen-bond acceptors (Lipinski definition) is 2. The minimum Gasteiger partial charge on any atom is -0.306 e. The molecule has 4 heteroatoms. The molecule has 164 valence electrons. The molecule has 3 nitrogen and oxygen atoms in total. The van der Waals surface area contributed by atoms with E-state index >= 15 is 0 Å². The lowest BCUT2D eigenvalue weighted by molar-refractivity contribution is 0.102. The highest BCUT2D eigenvalue weighted by atomic mass is 35.5. The number of benzene rings is 4. The number of carbonyl (C=O) groups excluding carboxylic acids is 1. The van der Waals surface area contributed by atoms with E-state index in [9.17, 15) is 4.79 Å². The number of anilines is 1. The number of aromatic nitrogens is 1. The van der Waals surface area contributed by atoms with Crippen molar-refractivity contribution < 1.29 is 4.79 Å². The zero-order valence-corrected chi connectivity index (χ0v) is 19.1. The summed E-state index contributed by atoms with van der Waals surface area (Å²) in [4.78, 5) is 18.1. The van der Waals surface area contributed by atoms with Crippen molar-refractivity contribution in [2.24, 2.45) is 0 Å². The molecule has 5 aromatic rings. The van der Waals surface area contributed by atoms with Gasteiger partial charge in [-0.2, -0.15) is 0 Å². The number of rotatable bonds is 3. The van der Waals surface area contributed by atoms with Gasteiger partial charge in [-0.25, -0.2) is 4.98 Å². The number of amides is 1. The van der Waals surface area contributed by atoms with Gasteiger partial charge in [0.15, 0.2) is 0 Å². The molecule has 4 aromatic carbocycles. The van der Waals surface area contributed by atoms with E-state index in [1.54, 1.807) is 0 Å². The van der Waals surface area contributed by atoms with Gasteiger partial charge in [-0.1, -0.05) is 90.5 Å². The number of halogens is 1. The topological polar surface area (TPSA) is 42.0 Å². The summed E-state index contributed by atoms with van der Waals surface area (Å²) < 4.78 is 0. The molecule has 0 bridgehead atoms. The number of nitrogens with one attached hydrogen (secondary N) is 1. The molecule has 1 atom stereocenters. The van der Waals surface area contributed by atoms with E-state index in [1.165, 1.54) is 16.7 Å². The van der Waals surface area contributed by atoms with Crippen molar-refractivity contribution in [3.8, 4) is 11.3 Å². The Morgan fingerprint density at radius 1 is 0.794 bits per heavy atom. The normalized spacial score (nSPS) is 14.3. The van der Waals surface area contributed by atoms with Crippen LogP contribution in [0.3, 0.4) is 0 Å². The Kier molecular flexibility index (Phi) is 5.12. The first-order chi connectivity index (χ1) is 16.7. The largest absolute Gasteiger partial charge is 0.306 e. The molecule has 1 amide bonds. The maximum atomic E-state index is 13.0. The van der Waals surface area contributed by atoms with Crippen molar-refractivity contribution in [1.82, 2.24) is 4.98 Å². The van der Waals surface area contributed by atoms with Crippen LogP contribution in [-0.2, 0) is 6.42 Å². The van der Waals surface area contributed by atoms with E-state index < -0.39 is 0 Å². The quantitative estimate of drug-likeness (QED) is 0.303. The molecule has 1 heterocycles. The van der Waals surface area contributed by atoms with Gasteiger partial charge in [0.2, 0.25) is 0 Å². The molecule has 0 spiro atoms. The smallest absolute Gasteiger partial charge is 0.256 e. The van der Waals surface area contributed by atoms with Crippen LogP contribution in [-0.4, -0.2) is 10.9 Å². The number of carbonyl (C=O) groups is 1. The van der Waals surface area contributed by atoms with Crippen LogP contribution >= 0.6 is 11.6 Å². The monoisotopic (exact) mass is 460 g/mol. The zero-order valence-electron chi connectivity index (χ0n) is 18.3. The van der Waals surface area contributed by atoms with Gasteiger partial charge in [-0.3, -0.25) is 4.79 Å². The van der Waals surface area contributed by atoms with E-state index in [2.05, 4.69) is 41.7 Å². The van der Waals surface area contributed by atoms with Gasteiger partial charge in [-0.15, -0.1) is 0 Å². The van der Waals surface area contributed by atoms with E-state index in [0.717, 1.165) is 33.5 Å². The minimum atomic E-state index is -0.170. The second-order valence-electron chi connectivity index (χ2n) is 8.55. The van der Waals surface area contributed by atoms with Crippen LogP contribution in [0.2, 0.25) is 5.02 Å². The summed E-state index contributed by atoms with van der Waals surface area (Å²) in [6.07, 6.45) is 0.881. The minimum absolute atomic E-state index is 0.137. The molecular weight excluding hydrogens is 440 g/mol. The lowest BCUT2D eigenvalue weighted by Gasteiger charge is -2.30. The SMILES string of the molecule is O=C(Nc1nc2c(c3ccccc13)C(c1ccc(Cl)cc1)Cc1ccccc1-2)c1ccccc1. The average Bonchev–Trinajstić information content (AvgIpc) is 2.89. The van der Waals surface area contributed by atoms with Crippen LogP contribution in [0, 0.1) is 0 Å². The Bertz CT molecular complexity index is 1530. The Hall–Kier alpha value is -3.95. The van der Waals surface area contributed by atoms with E-state index in [4.69, 9.17) is 16.6 Å². The summed E-state index contributed by atoms with van der Waals surface area (Å²) in [5.41, 5.74) is 6.28. The van der Waals surface area contributed by atoms with Gasteiger partial charge in [0, 0.05) is 27.5 Å².